The van der Waals surface area contributed by atoms with E-state index in [-0.39, 0.29) is 34.9 Å². The summed E-state index contributed by atoms with van der Waals surface area (Å²) in [5.74, 6) is -0.0753. The standard InChI is InChI=1S/C19H20F2N4O4S2/c1-25(12-5-8-30(26,27)9-6-12)31(28,29)13-2-3-16(23-11-13)14-4-7-22-19-15(14)10-17(24-19)18(20)21/h2-4,7,10-12,18H,5-6,8-9H2,1H3,(H,22,24). The lowest BCUT2D eigenvalue weighted by atomic mass is 10.1. The lowest BCUT2D eigenvalue weighted by molar-refractivity contribution is 0.147. The number of halogens is 2. The number of alkyl halides is 2. The van der Waals surface area contributed by atoms with Crippen LogP contribution in [0.4, 0.5) is 8.78 Å². The number of sulfonamides is 1. The van der Waals surface area contributed by atoms with Crippen molar-refractivity contribution in [2.75, 3.05) is 18.6 Å². The summed E-state index contributed by atoms with van der Waals surface area (Å²) in [5, 5.41) is 0.460. The molecular weight excluding hydrogens is 450 g/mol. The molecule has 0 radical (unpaired) electrons. The number of aromatic amines is 1. The van der Waals surface area contributed by atoms with Gasteiger partial charge in [-0.05, 0) is 37.1 Å². The molecule has 8 nitrogen and oxygen atoms in total. The molecule has 0 spiro atoms. The number of hydrogen-bond acceptors (Lipinski definition) is 6. The van der Waals surface area contributed by atoms with Gasteiger partial charge in [0.1, 0.15) is 20.4 Å². The molecule has 4 heterocycles. The number of H-pyrrole nitrogens is 1. The summed E-state index contributed by atoms with van der Waals surface area (Å²) in [6.45, 7) is 0. The van der Waals surface area contributed by atoms with Gasteiger partial charge in [-0.1, -0.05) is 0 Å². The Bertz CT molecular complexity index is 1310. The third kappa shape index (κ3) is 4.19. The zero-order valence-corrected chi connectivity index (χ0v) is 18.1. The third-order valence-corrected chi connectivity index (χ3v) is 9.12. The molecule has 0 bridgehead atoms. The van der Waals surface area contributed by atoms with E-state index in [0.717, 1.165) is 0 Å². The predicted molar refractivity (Wildman–Crippen MR) is 111 cm³/mol. The monoisotopic (exact) mass is 470 g/mol. The van der Waals surface area contributed by atoms with Gasteiger partial charge in [0, 0.05) is 36.4 Å². The fraction of sp³-hybridized carbons (Fsp3) is 0.368. The summed E-state index contributed by atoms with van der Waals surface area (Å²) in [6, 6.07) is 5.44. The molecule has 0 atom stereocenters. The second-order valence-electron chi connectivity index (χ2n) is 7.43. The quantitative estimate of drug-likeness (QED) is 0.614. The van der Waals surface area contributed by atoms with E-state index >= 15 is 0 Å². The van der Waals surface area contributed by atoms with Crippen LogP contribution in [0.2, 0.25) is 0 Å². The van der Waals surface area contributed by atoms with Crippen LogP contribution in [0.25, 0.3) is 22.3 Å². The van der Waals surface area contributed by atoms with Gasteiger partial charge in [0.05, 0.1) is 22.9 Å². The van der Waals surface area contributed by atoms with E-state index in [0.29, 0.717) is 22.3 Å². The molecule has 3 aromatic heterocycles. The fourth-order valence-corrected chi connectivity index (χ4v) is 6.51. The molecule has 1 N–H and O–H groups in total. The van der Waals surface area contributed by atoms with Gasteiger partial charge in [0.2, 0.25) is 10.0 Å². The molecule has 31 heavy (non-hydrogen) atoms. The smallest absolute Gasteiger partial charge is 0.278 e. The van der Waals surface area contributed by atoms with Gasteiger partial charge in [-0.2, -0.15) is 4.31 Å². The summed E-state index contributed by atoms with van der Waals surface area (Å²) < 4.78 is 76.4. The molecule has 0 aliphatic carbocycles. The van der Waals surface area contributed by atoms with Crippen LogP contribution in [-0.4, -0.2) is 60.7 Å². The summed E-state index contributed by atoms with van der Waals surface area (Å²) in [7, 11) is -5.54. The zero-order chi connectivity index (χ0) is 22.4. The van der Waals surface area contributed by atoms with E-state index in [1.165, 1.54) is 41.9 Å². The Hall–Kier alpha value is -2.44. The molecule has 166 valence electrons. The first-order chi connectivity index (χ1) is 14.6. The largest absolute Gasteiger partial charge is 0.338 e. The number of pyridine rings is 2. The molecule has 4 rings (SSSR count). The zero-order valence-electron chi connectivity index (χ0n) is 16.5. The molecule has 0 unspecified atom stereocenters. The van der Waals surface area contributed by atoms with Crippen LogP contribution < -0.4 is 0 Å². The SMILES string of the molecule is CN(C1CCS(=O)(=O)CC1)S(=O)(=O)c1ccc(-c2ccnc3[nH]c(C(F)F)cc23)nc1. The van der Waals surface area contributed by atoms with Gasteiger partial charge in [-0.3, -0.25) is 4.98 Å². The summed E-state index contributed by atoms with van der Waals surface area (Å²) >= 11 is 0. The predicted octanol–water partition coefficient (Wildman–Crippen LogP) is 2.76. The van der Waals surface area contributed by atoms with Crippen molar-refractivity contribution >= 4 is 30.9 Å². The van der Waals surface area contributed by atoms with Gasteiger partial charge < -0.3 is 4.98 Å². The first-order valence-electron chi connectivity index (χ1n) is 9.49. The molecule has 1 saturated heterocycles. The molecule has 0 aromatic carbocycles. The molecule has 1 aliphatic heterocycles. The van der Waals surface area contributed by atoms with Crippen molar-refractivity contribution < 1.29 is 25.6 Å². The van der Waals surface area contributed by atoms with Gasteiger partial charge in [-0.15, -0.1) is 0 Å². The number of sulfone groups is 1. The van der Waals surface area contributed by atoms with Crippen molar-refractivity contribution in [1.29, 1.82) is 0 Å². The molecule has 1 aliphatic rings. The minimum Gasteiger partial charge on any atom is -0.338 e. The van der Waals surface area contributed by atoms with E-state index in [9.17, 15) is 25.6 Å². The Labute approximate surface area is 178 Å². The maximum atomic E-state index is 13.0. The molecule has 3 aromatic rings. The normalized spacial score (nSPS) is 17.6. The first kappa shape index (κ1) is 21.8. The lowest BCUT2D eigenvalue weighted by Gasteiger charge is -2.30. The lowest BCUT2D eigenvalue weighted by Crippen LogP contribution is -2.42. The maximum absolute atomic E-state index is 13.0. The highest BCUT2D eigenvalue weighted by atomic mass is 32.2. The van der Waals surface area contributed by atoms with Gasteiger partial charge in [0.15, 0.2) is 0 Å². The van der Waals surface area contributed by atoms with E-state index in [2.05, 4.69) is 15.0 Å². The second-order valence-corrected chi connectivity index (χ2v) is 11.7. The molecule has 1 fully saturated rings. The minimum atomic E-state index is -3.87. The Kier molecular flexibility index (Phi) is 5.56. The van der Waals surface area contributed by atoms with Gasteiger partial charge >= 0.3 is 0 Å². The van der Waals surface area contributed by atoms with E-state index in [1.807, 2.05) is 0 Å². The van der Waals surface area contributed by atoms with Crippen molar-refractivity contribution in [1.82, 2.24) is 19.3 Å². The van der Waals surface area contributed by atoms with Crippen molar-refractivity contribution in [2.24, 2.45) is 0 Å². The van der Waals surface area contributed by atoms with Crippen LogP contribution in [0.3, 0.4) is 0 Å². The van der Waals surface area contributed by atoms with Crippen molar-refractivity contribution in [3.63, 3.8) is 0 Å². The number of nitrogens with one attached hydrogen (secondary N) is 1. The summed E-state index contributed by atoms with van der Waals surface area (Å²) in [5.41, 5.74) is 0.990. The number of fused-ring (bicyclic) bond motifs is 1. The average Bonchev–Trinajstić information content (AvgIpc) is 3.18. The van der Waals surface area contributed by atoms with Crippen LogP contribution in [0.5, 0.6) is 0 Å². The van der Waals surface area contributed by atoms with Gasteiger partial charge in [0.25, 0.3) is 6.43 Å². The number of hydrogen-bond donors (Lipinski definition) is 1. The van der Waals surface area contributed by atoms with E-state index in [1.54, 1.807) is 6.07 Å². The van der Waals surface area contributed by atoms with Crippen LogP contribution in [0.15, 0.2) is 41.6 Å². The summed E-state index contributed by atoms with van der Waals surface area (Å²) in [4.78, 5) is 10.8. The topological polar surface area (TPSA) is 113 Å². The van der Waals surface area contributed by atoms with E-state index < -0.39 is 32.3 Å². The van der Waals surface area contributed by atoms with Crippen LogP contribution in [0, 0.1) is 0 Å². The Morgan fingerprint density at radius 1 is 1.16 bits per heavy atom. The molecule has 0 amide bonds. The van der Waals surface area contributed by atoms with Gasteiger partial charge in [-0.25, -0.2) is 30.6 Å². The Morgan fingerprint density at radius 3 is 2.48 bits per heavy atom. The van der Waals surface area contributed by atoms with E-state index in [4.69, 9.17) is 0 Å². The molecular formula is C19H20F2N4O4S2. The second kappa shape index (κ2) is 7.92. The number of aromatic nitrogens is 3. The fourth-order valence-electron chi connectivity index (χ4n) is 3.68. The number of rotatable bonds is 5. The third-order valence-electron chi connectivity index (χ3n) is 5.52. The molecule has 12 heteroatoms. The van der Waals surface area contributed by atoms with Crippen LogP contribution >= 0.6 is 0 Å². The Morgan fingerprint density at radius 2 is 1.87 bits per heavy atom. The van der Waals surface area contributed by atoms with Crippen molar-refractivity contribution in [2.45, 2.75) is 30.2 Å². The molecule has 0 saturated carbocycles. The summed E-state index contributed by atoms with van der Waals surface area (Å²) in [6.07, 6.45) is 0.499. The van der Waals surface area contributed by atoms with Crippen molar-refractivity contribution in [3.05, 3.63) is 42.4 Å². The maximum Gasteiger partial charge on any atom is 0.278 e. The number of nitrogens with zero attached hydrogens (tertiary/aromatic N) is 3. The minimum absolute atomic E-state index is 0.0279. The van der Waals surface area contributed by atoms with Crippen LogP contribution in [0.1, 0.15) is 25.0 Å². The highest BCUT2D eigenvalue weighted by Gasteiger charge is 2.33. The van der Waals surface area contributed by atoms with Crippen LogP contribution in [-0.2, 0) is 19.9 Å². The Balaban J connectivity index is 1.62. The highest BCUT2D eigenvalue weighted by Crippen LogP contribution is 2.31. The highest BCUT2D eigenvalue weighted by molar-refractivity contribution is 7.91. The average molecular weight is 471 g/mol. The first-order valence-corrected chi connectivity index (χ1v) is 12.8. The van der Waals surface area contributed by atoms with Crippen molar-refractivity contribution in [3.8, 4) is 11.3 Å².